The fourth-order valence-corrected chi connectivity index (χ4v) is 4.09. The molecule has 0 saturated carbocycles. The second kappa shape index (κ2) is 17.9. The van der Waals surface area contributed by atoms with E-state index in [0.717, 1.165) is 36.5 Å². The van der Waals surface area contributed by atoms with Gasteiger partial charge in [0, 0.05) is 6.54 Å². The van der Waals surface area contributed by atoms with Crippen molar-refractivity contribution in [3.63, 3.8) is 0 Å². The molecule has 0 aliphatic heterocycles. The van der Waals surface area contributed by atoms with Gasteiger partial charge in [-0.25, -0.2) is 4.68 Å². The van der Waals surface area contributed by atoms with Gasteiger partial charge in [-0.1, -0.05) is 69.2 Å². The maximum atomic E-state index is 11.4. The van der Waals surface area contributed by atoms with Crippen LogP contribution in [0, 0.1) is 0 Å². The van der Waals surface area contributed by atoms with E-state index >= 15 is 0 Å². The minimum Gasteiger partial charge on any atom is -0.487 e. The van der Waals surface area contributed by atoms with E-state index < -0.39 is 0 Å². The number of nitrogens with zero attached hydrogens (tertiary/aromatic N) is 3. The van der Waals surface area contributed by atoms with Gasteiger partial charge in [-0.05, 0) is 63.5 Å². The van der Waals surface area contributed by atoms with Crippen LogP contribution in [0.15, 0.2) is 30.5 Å². The van der Waals surface area contributed by atoms with Crippen molar-refractivity contribution in [2.24, 2.45) is 5.73 Å². The number of nitrogens with two attached hydrogens (primary N) is 1. The summed E-state index contributed by atoms with van der Waals surface area (Å²) in [6.45, 7) is 5.84. The summed E-state index contributed by atoms with van der Waals surface area (Å²) in [5.41, 5.74) is 7.40. The Labute approximate surface area is 211 Å². The van der Waals surface area contributed by atoms with Gasteiger partial charge in [-0.3, -0.25) is 4.79 Å². The number of amides is 1. The lowest BCUT2D eigenvalue weighted by atomic mass is 10.1. The van der Waals surface area contributed by atoms with Crippen molar-refractivity contribution in [3.05, 3.63) is 41.7 Å². The zero-order valence-corrected chi connectivity index (χ0v) is 21.8. The third kappa shape index (κ3) is 12.2. The monoisotopic (exact) mass is 486 g/mol. The van der Waals surface area contributed by atoms with Crippen LogP contribution >= 0.6 is 0 Å². The molecule has 0 bridgehead atoms. The predicted octanol–water partition coefficient (Wildman–Crippen LogP) is 3.98. The van der Waals surface area contributed by atoms with Crippen LogP contribution in [0.25, 0.3) is 0 Å². The molecule has 1 aromatic heterocycles. The number of aryl methyl sites for hydroxylation is 1. The molecule has 35 heavy (non-hydrogen) atoms. The standard InChI is InChI=1S/C27H46N6O2/c1-3-17-30-18-11-9-7-5-4-6-8-10-12-19-33-24(21-31-32-33)22-35-25-15-13-23(14-16-25)20-26(29-2)27(28)34/h13-16,21,26,29-30H,3-12,17-20,22H2,1-2H3,(H2,28,34)/t26-/m0/s1. The fourth-order valence-electron chi connectivity index (χ4n) is 4.09. The summed E-state index contributed by atoms with van der Waals surface area (Å²) < 4.78 is 7.88. The maximum Gasteiger partial charge on any atom is 0.234 e. The molecular formula is C27H46N6O2. The zero-order chi connectivity index (χ0) is 25.1. The van der Waals surface area contributed by atoms with Crippen LogP contribution in [-0.4, -0.2) is 47.1 Å². The molecule has 0 unspecified atom stereocenters. The minimum atomic E-state index is -0.370. The Bertz CT molecular complexity index is 808. The molecule has 1 atom stereocenters. The van der Waals surface area contributed by atoms with Gasteiger partial charge in [0.25, 0.3) is 0 Å². The Balaban J connectivity index is 1.56. The number of ether oxygens (including phenoxy) is 1. The molecule has 2 rings (SSSR count). The number of nitrogens with one attached hydrogen (secondary N) is 2. The summed E-state index contributed by atoms with van der Waals surface area (Å²) >= 11 is 0. The first-order valence-electron chi connectivity index (χ1n) is 13.4. The predicted molar refractivity (Wildman–Crippen MR) is 141 cm³/mol. The SMILES string of the molecule is CCCNCCCCCCCCCCCn1nncc1COc1ccc(C[C@H](NC)C(N)=O)cc1. The number of primary amides is 1. The summed E-state index contributed by atoms with van der Waals surface area (Å²) in [4.78, 5) is 11.4. The number of unbranched alkanes of at least 4 members (excludes halogenated alkanes) is 8. The third-order valence-electron chi connectivity index (χ3n) is 6.29. The highest BCUT2D eigenvalue weighted by Crippen LogP contribution is 2.16. The largest absolute Gasteiger partial charge is 0.487 e. The molecule has 8 heteroatoms. The highest BCUT2D eigenvalue weighted by Gasteiger charge is 2.13. The van der Waals surface area contributed by atoms with E-state index in [1.807, 2.05) is 28.9 Å². The lowest BCUT2D eigenvalue weighted by molar-refractivity contribution is -0.119. The Morgan fingerprint density at radius 2 is 1.66 bits per heavy atom. The highest BCUT2D eigenvalue weighted by atomic mass is 16.5. The van der Waals surface area contributed by atoms with Crippen LogP contribution in [0.2, 0.25) is 0 Å². The van der Waals surface area contributed by atoms with Crippen molar-refractivity contribution in [2.45, 2.75) is 96.7 Å². The molecule has 0 spiro atoms. The second-order valence-corrected chi connectivity index (χ2v) is 9.26. The molecule has 1 amide bonds. The average Bonchev–Trinajstić information content (AvgIpc) is 3.31. The van der Waals surface area contributed by atoms with Crippen molar-refractivity contribution in [2.75, 3.05) is 20.1 Å². The second-order valence-electron chi connectivity index (χ2n) is 9.26. The molecular weight excluding hydrogens is 440 g/mol. The normalized spacial score (nSPS) is 12.1. The molecule has 0 fully saturated rings. The van der Waals surface area contributed by atoms with Gasteiger partial charge in [-0.15, -0.1) is 5.10 Å². The van der Waals surface area contributed by atoms with E-state index in [9.17, 15) is 4.79 Å². The molecule has 0 saturated heterocycles. The third-order valence-corrected chi connectivity index (χ3v) is 6.29. The topological polar surface area (TPSA) is 107 Å². The van der Waals surface area contributed by atoms with Crippen LogP contribution in [-0.2, 0) is 24.4 Å². The Morgan fingerprint density at radius 3 is 2.29 bits per heavy atom. The Hall–Kier alpha value is -2.45. The number of carbonyl (C=O) groups is 1. The van der Waals surface area contributed by atoms with Crippen molar-refractivity contribution in [3.8, 4) is 5.75 Å². The van der Waals surface area contributed by atoms with Gasteiger partial charge in [-0.2, -0.15) is 0 Å². The minimum absolute atomic E-state index is 0.352. The molecule has 0 aliphatic carbocycles. The Morgan fingerprint density at radius 1 is 1.00 bits per heavy atom. The van der Waals surface area contributed by atoms with E-state index in [4.69, 9.17) is 10.5 Å². The van der Waals surface area contributed by atoms with E-state index in [2.05, 4.69) is 27.9 Å². The number of carbonyl (C=O) groups excluding carboxylic acids is 1. The van der Waals surface area contributed by atoms with Crippen molar-refractivity contribution in [1.82, 2.24) is 25.6 Å². The van der Waals surface area contributed by atoms with Crippen LogP contribution in [0.1, 0.15) is 82.4 Å². The molecule has 0 aliphatic rings. The van der Waals surface area contributed by atoms with Gasteiger partial charge in [0.1, 0.15) is 12.4 Å². The highest BCUT2D eigenvalue weighted by molar-refractivity contribution is 5.80. The first-order valence-corrected chi connectivity index (χ1v) is 13.4. The summed E-state index contributed by atoms with van der Waals surface area (Å²) in [7, 11) is 1.74. The molecule has 0 radical (unpaired) electrons. The van der Waals surface area contributed by atoms with Crippen LogP contribution in [0.3, 0.4) is 0 Å². The van der Waals surface area contributed by atoms with Gasteiger partial charge in [0.05, 0.1) is 17.9 Å². The lowest BCUT2D eigenvalue weighted by Gasteiger charge is -2.13. The number of hydrogen-bond donors (Lipinski definition) is 3. The number of hydrogen-bond acceptors (Lipinski definition) is 6. The molecule has 2 aromatic rings. The molecule has 8 nitrogen and oxygen atoms in total. The van der Waals surface area contributed by atoms with E-state index in [1.165, 1.54) is 64.3 Å². The van der Waals surface area contributed by atoms with Crippen molar-refractivity contribution < 1.29 is 9.53 Å². The van der Waals surface area contributed by atoms with E-state index in [-0.39, 0.29) is 11.9 Å². The fraction of sp³-hybridized carbons (Fsp3) is 0.667. The number of likely N-dealkylation sites (N-methyl/N-ethyl adjacent to an activating group) is 1. The number of rotatable bonds is 21. The van der Waals surface area contributed by atoms with Gasteiger partial charge in [0.2, 0.25) is 5.91 Å². The van der Waals surface area contributed by atoms with Gasteiger partial charge in [0.15, 0.2) is 0 Å². The van der Waals surface area contributed by atoms with Crippen LogP contribution in [0.4, 0.5) is 0 Å². The van der Waals surface area contributed by atoms with Gasteiger partial charge < -0.3 is 21.1 Å². The number of aromatic nitrogens is 3. The zero-order valence-electron chi connectivity index (χ0n) is 21.8. The number of benzene rings is 1. The van der Waals surface area contributed by atoms with E-state index in [0.29, 0.717) is 13.0 Å². The van der Waals surface area contributed by atoms with Gasteiger partial charge >= 0.3 is 0 Å². The quantitative estimate of drug-likeness (QED) is 0.230. The summed E-state index contributed by atoms with van der Waals surface area (Å²) in [6.07, 6.45) is 15.2. The van der Waals surface area contributed by atoms with Crippen LogP contribution in [0.5, 0.6) is 5.75 Å². The average molecular weight is 487 g/mol. The Kier molecular flexibility index (Phi) is 14.7. The van der Waals surface area contributed by atoms with Crippen molar-refractivity contribution in [1.29, 1.82) is 0 Å². The van der Waals surface area contributed by atoms with Crippen molar-refractivity contribution >= 4 is 5.91 Å². The maximum absolute atomic E-state index is 11.4. The van der Waals surface area contributed by atoms with Crippen LogP contribution < -0.4 is 21.1 Å². The molecule has 4 N–H and O–H groups in total. The molecule has 196 valence electrons. The summed E-state index contributed by atoms with van der Waals surface area (Å²) in [6, 6.07) is 7.39. The first-order chi connectivity index (χ1) is 17.1. The lowest BCUT2D eigenvalue weighted by Crippen LogP contribution is -2.40. The smallest absolute Gasteiger partial charge is 0.234 e. The first kappa shape index (κ1) is 28.8. The summed E-state index contributed by atoms with van der Waals surface area (Å²) in [5, 5.41) is 14.7. The van der Waals surface area contributed by atoms with E-state index in [1.54, 1.807) is 13.2 Å². The molecule has 1 heterocycles. The molecule has 1 aromatic carbocycles. The summed E-state index contributed by atoms with van der Waals surface area (Å²) in [5.74, 6) is 0.425.